The van der Waals surface area contributed by atoms with Crippen molar-refractivity contribution in [2.75, 3.05) is 0 Å². The van der Waals surface area contributed by atoms with Crippen LogP contribution in [0.25, 0.3) is 77.7 Å². The zero-order valence-corrected chi connectivity index (χ0v) is 31.3. The monoisotopic (exact) mass is 739 g/mol. The maximum absolute atomic E-state index is 6.72. The quantitative estimate of drug-likeness (QED) is 0.180. The van der Waals surface area contributed by atoms with E-state index in [1.54, 1.807) is 0 Å². The molecule has 1 aliphatic heterocycles. The molecule has 0 saturated heterocycles. The fourth-order valence-electron chi connectivity index (χ4n) is 9.47. The summed E-state index contributed by atoms with van der Waals surface area (Å²) in [5.74, 6) is 2.40. The number of hydrogen-bond donors (Lipinski definition) is 0. The third kappa shape index (κ3) is 4.79. The fourth-order valence-corrected chi connectivity index (χ4v) is 9.47. The van der Waals surface area contributed by atoms with Gasteiger partial charge in [-0.3, -0.25) is 4.98 Å². The second-order valence-corrected chi connectivity index (χ2v) is 15.1. The summed E-state index contributed by atoms with van der Waals surface area (Å²) < 4.78 is 6.72. The highest BCUT2D eigenvalue weighted by Crippen LogP contribution is 2.63. The minimum Gasteiger partial charge on any atom is -0.457 e. The second kappa shape index (κ2) is 12.7. The van der Waals surface area contributed by atoms with Gasteiger partial charge < -0.3 is 4.74 Å². The van der Waals surface area contributed by atoms with E-state index < -0.39 is 5.41 Å². The lowest BCUT2D eigenvalue weighted by molar-refractivity contribution is 0.436. The number of benzene rings is 8. The lowest BCUT2D eigenvalue weighted by atomic mass is 9.65. The van der Waals surface area contributed by atoms with E-state index in [-0.39, 0.29) is 0 Å². The van der Waals surface area contributed by atoms with Crippen molar-refractivity contribution in [1.29, 1.82) is 0 Å². The molecule has 58 heavy (non-hydrogen) atoms. The molecule has 0 bridgehead atoms. The van der Waals surface area contributed by atoms with Crippen LogP contribution < -0.4 is 4.74 Å². The van der Waals surface area contributed by atoms with Gasteiger partial charge in [-0.2, -0.15) is 0 Å². The summed E-state index contributed by atoms with van der Waals surface area (Å²) in [6, 6.07) is 66.8. The molecule has 4 heteroatoms. The van der Waals surface area contributed by atoms with Gasteiger partial charge in [-0.05, 0) is 74.3 Å². The highest BCUT2D eigenvalue weighted by molar-refractivity contribution is 5.99. The molecule has 2 aliphatic rings. The fraction of sp³-hybridized carbons (Fsp3) is 0.0185. The van der Waals surface area contributed by atoms with Crippen LogP contribution in [0, 0.1) is 0 Å². The average molecular weight is 740 g/mol. The Bertz CT molecular complexity index is 3220. The molecule has 1 spiro atoms. The third-order valence-electron chi connectivity index (χ3n) is 12.0. The number of fused-ring (bicyclic) bond motifs is 11. The summed E-state index contributed by atoms with van der Waals surface area (Å²) >= 11 is 0. The highest BCUT2D eigenvalue weighted by atomic mass is 16.5. The Balaban J connectivity index is 1.13. The number of rotatable bonds is 4. The summed E-state index contributed by atoms with van der Waals surface area (Å²) in [6.07, 6.45) is 3.94. The van der Waals surface area contributed by atoms with E-state index in [4.69, 9.17) is 14.7 Å². The van der Waals surface area contributed by atoms with Gasteiger partial charge in [-0.1, -0.05) is 158 Å². The van der Waals surface area contributed by atoms with E-state index in [0.717, 1.165) is 72.6 Å². The molecule has 12 rings (SSSR count). The van der Waals surface area contributed by atoms with Gasteiger partial charge in [-0.15, -0.1) is 0 Å². The van der Waals surface area contributed by atoms with Crippen LogP contribution in [0.2, 0.25) is 0 Å². The lowest BCUT2D eigenvalue weighted by Crippen LogP contribution is -2.32. The minimum absolute atomic E-state index is 0.673. The van der Waals surface area contributed by atoms with Crippen LogP contribution in [-0.2, 0) is 5.41 Å². The molecular formula is C54H33N3O. The summed E-state index contributed by atoms with van der Waals surface area (Å²) in [4.78, 5) is 15.2. The van der Waals surface area contributed by atoms with E-state index in [1.165, 1.54) is 33.0 Å². The Morgan fingerprint density at radius 2 is 0.948 bits per heavy atom. The van der Waals surface area contributed by atoms with Crippen molar-refractivity contribution >= 4 is 21.5 Å². The number of ether oxygens (including phenoxy) is 1. The first-order valence-corrected chi connectivity index (χ1v) is 19.7. The first-order chi connectivity index (χ1) is 28.7. The van der Waals surface area contributed by atoms with Crippen molar-refractivity contribution < 1.29 is 4.74 Å². The van der Waals surface area contributed by atoms with Crippen LogP contribution in [0.15, 0.2) is 200 Å². The molecule has 4 nitrogen and oxygen atoms in total. The minimum atomic E-state index is -0.673. The van der Waals surface area contributed by atoms with Gasteiger partial charge in [0.2, 0.25) is 0 Å². The number of aromatic nitrogens is 3. The summed E-state index contributed by atoms with van der Waals surface area (Å²) in [7, 11) is 0. The predicted octanol–water partition coefficient (Wildman–Crippen LogP) is 13.3. The molecule has 0 amide bonds. The first-order valence-electron chi connectivity index (χ1n) is 19.7. The van der Waals surface area contributed by atoms with Crippen molar-refractivity contribution in [3.8, 4) is 67.7 Å². The Morgan fingerprint density at radius 3 is 1.71 bits per heavy atom. The van der Waals surface area contributed by atoms with Crippen LogP contribution in [0.1, 0.15) is 22.3 Å². The topological polar surface area (TPSA) is 47.9 Å². The molecule has 0 atom stereocenters. The van der Waals surface area contributed by atoms with E-state index in [9.17, 15) is 0 Å². The molecule has 3 heterocycles. The van der Waals surface area contributed by atoms with Gasteiger partial charge in [0.25, 0.3) is 0 Å². The first kappa shape index (κ1) is 32.5. The maximum atomic E-state index is 6.72. The molecule has 0 radical (unpaired) electrons. The van der Waals surface area contributed by atoms with Crippen molar-refractivity contribution in [1.82, 2.24) is 15.0 Å². The van der Waals surface area contributed by atoms with Crippen molar-refractivity contribution in [3.05, 3.63) is 223 Å². The Labute approximate surface area is 335 Å². The maximum Gasteiger partial charge on any atom is 0.160 e. The molecule has 1 aliphatic carbocycles. The van der Waals surface area contributed by atoms with E-state index in [2.05, 4.69) is 175 Å². The molecule has 8 aromatic carbocycles. The smallest absolute Gasteiger partial charge is 0.160 e. The van der Waals surface area contributed by atoms with Gasteiger partial charge in [0, 0.05) is 51.2 Å². The zero-order chi connectivity index (χ0) is 38.2. The van der Waals surface area contributed by atoms with Gasteiger partial charge in [0.15, 0.2) is 5.82 Å². The van der Waals surface area contributed by atoms with Gasteiger partial charge in [-0.25, -0.2) is 9.97 Å². The summed E-state index contributed by atoms with van der Waals surface area (Å²) in [5, 5.41) is 4.63. The SMILES string of the molecule is c1ccc(-c2nc(-c3ccc4c(c3)C3(c5ccccc5Oc5ccccc53)c3cc(-c5cncc6ccccc56)ccc3-4)cc(-c3cccc4ccccc34)n2)cc1. The third-order valence-corrected chi connectivity index (χ3v) is 12.0. The van der Waals surface area contributed by atoms with E-state index in [1.807, 2.05) is 30.6 Å². The van der Waals surface area contributed by atoms with Crippen LogP contribution >= 0.6 is 0 Å². The number of hydrogen-bond acceptors (Lipinski definition) is 4. The molecule has 0 saturated carbocycles. The molecule has 270 valence electrons. The predicted molar refractivity (Wildman–Crippen MR) is 234 cm³/mol. The Kier molecular flexibility index (Phi) is 7.11. The number of para-hydroxylation sites is 2. The Morgan fingerprint density at radius 1 is 0.362 bits per heavy atom. The highest BCUT2D eigenvalue weighted by Gasteiger charge is 2.51. The summed E-state index contributed by atoms with van der Waals surface area (Å²) in [6.45, 7) is 0. The van der Waals surface area contributed by atoms with Crippen LogP contribution in [0.3, 0.4) is 0 Å². The van der Waals surface area contributed by atoms with E-state index >= 15 is 0 Å². The molecular weight excluding hydrogens is 707 g/mol. The standard InChI is InChI=1S/C54H33N3O/c1-2-14-35(15-3-1)53-56-49(31-50(57-53)43-20-12-17-34-13-4-6-18-39(34)43)37-26-28-42-41-27-25-36(44-33-55-32-38-16-5-7-19-40(38)44)29-47(41)54(48(42)30-37)45-21-8-10-23-51(45)58-52-24-11-9-22-46(52)54/h1-33H. The molecule has 0 fully saturated rings. The van der Waals surface area contributed by atoms with Crippen LogP contribution in [-0.4, -0.2) is 15.0 Å². The van der Waals surface area contributed by atoms with Gasteiger partial charge in [0.05, 0.1) is 16.8 Å². The van der Waals surface area contributed by atoms with Gasteiger partial charge >= 0.3 is 0 Å². The molecule has 0 N–H and O–H groups in total. The van der Waals surface area contributed by atoms with E-state index in [0.29, 0.717) is 5.82 Å². The van der Waals surface area contributed by atoms with Crippen LogP contribution in [0.5, 0.6) is 11.5 Å². The molecule has 10 aromatic rings. The largest absolute Gasteiger partial charge is 0.457 e. The van der Waals surface area contributed by atoms with Crippen LogP contribution in [0.4, 0.5) is 0 Å². The zero-order valence-electron chi connectivity index (χ0n) is 31.3. The normalized spacial score (nSPS) is 13.1. The molecule has 0 unspecified atom stereocenters. The average Bonchev–Trinajstić information content (AvgIpc) is 3.58. The summed E-state index contributed by atoms with van der Waals surface area (Å²) in [5.41, 5.74) is 13.4. The number of pyridine rings is 1. The lowest BCUT2D eigenvalue weighted by Gasteiger charge is -2.39. The molecule has 2 aromatic heterocycles. The van der Waals surface area contributed by atoms with Crippen molar-refractivity contribution in [3.63, 3.8) is 0 Å². The second-order valence-electron chi connectivity index (χ2n) is 15.1. The number of nitrogens with zero attached hydrogens (tertiary/aromatic N) is 3. The van der Waals surface area contributed by atoms with Gasteiger partial charge in [0.1, 0.15) is 11.5 Å². The van der Waals surface area contributed by atoms with Crippen molar-refractivity contribution in [2.45, 2.75) is 5.41 Å². The Hall–Kier alpha value is -7.69. The van der Waals surface area contributed by atoms with Crippen molar-refractivity contribution in [2.24, 2.45) is 0 Å².